The average molecular weight is 437 g/mol. The number of allylic oxidation sites excluding steroid dienone is 2. The molecule has 1 fully saturated rings. The fourth-order valence-corrected chi connectivity index (χ4v) is 4.09. The number of amides is 3. The zero-order valence-corrected chi connectivity index (χ0v) is 17.7. The molecule has 1 aliphatic carbocycles. The minimum Gasteiger partial charge on any atom is -0.292 e. The molecule has 31 heavy (non-hydrogen) atoms. The van der Waals surface area contributed by atoms with Gasteiger partial charge in [0.25, 0.3) is 17.7 Å². The summed E-state index contributed by atoms with van der Waals surface area (Å²) >= 11 is 5.92. The summed E-state index contributed by atoms with van der Waals surface area (Å²) in [6.45, 7) is 1.48. The Bertz CT molecular complexity index is 1050. The van der Waals surface area contributed by atoms with Crippen molar-refractivity contribution in [3.05, 3.63) is 82.4 Å². The van der Waals surface area contributed by atoms with Gasteiger partial charge in [-0.3, -0.25) is 19.2 Å². The summed E-state index contributed by atoms with van der Waals surface area (Å²) in [5.74, 6) is -2.88. The zero-order valence-electron chi connectivity index (χ0n) is 17.0. The Morgan fingerprint density at radius 3 is 1.97 bits per heavy atom. The lowest BCUT2D eigenvalue weighted by atomic mass is 9.85. The number of hydrogen-bond acceptors (Lipinski definition) is 4. The van der Waals surface area contributed by atoms with Gasteiger partial charge in [0.2, 0.25) is 0 Å². The summed E-state index contributed by atoms with van der Waals surface area (Å²) < 4.78 is 0. The van der Waals surface area contributed by atoms with Crippen molar-refractivity contribution in [3.8, 4) is 0 Å². The van der Waals surface area contributed by atoms with Crippen LogP contribution in [0.15, 0.2) is 60.7 Å². The van der Waals surface area contributed by atoms with Crippen LogP contribution in [0.3, 0.4) is 0 Å². The predicted octanol–water partition coefficient (Wildman–Crippen LogP) is 3.84. The van der Waals surface area contributed by atoms with Crippen LogP contribution < -0.4 is 0 Å². The van der Waals surface area contributed by atoms with Crippen molar-refractivity contribution in [1.29, 1.82) is 0 Å². The average Bonchev–Trinajstić information content (AvgIpc) is 3.03. The molecule has 0 bridgehead atoms. The summed E-state index contributed by atoms with van der Waals surface area (Å²) in [5.41, 5.74) is 1.62. The van der Waals surface area contributed by atoms with Crippen LogP contribution in [0.1, 0.15) is 39.1 Å². The third-order valence-corrected chi connectivity index (χ3v) is 5.97. The molecule has 0 unspecified atom stereocenters. The van der Waals surface area contributed by atoms with Crippen LogP contribution in [0.2, 0.25) is 5.02 Å². The molecular formula is C24H21ClN2O4. The number of imide groups is 1. The first-order valence-electron chi connectivity index (χ1n) is 10.1. The van der Waals surface area contributed by atoms with Crippen LogP contribution in [0, 0.1) is 18.8 Å². The maximum absolute atomic E-state index is 13.3. The Hall–Kier alpha value is -3.25. The fourth-order valence-electron chi connectivity index (χ4n) is 3.96. The normalized spacial score (nSPS) is 20.0. The van der Waals surface area contributed by atoms with Crippen molar-refractivity contribution < 1.29 is 19.2 Å². The summed E-state index contributed by atoms with van der Waals surface area (Å²) in [5, 5.41) is 2.31. The number of aryl methyl sites for hydroxylation is 1. The molecule has 0 spiro atoms. The Labute approximate surface area is 185 Å². The first-order valence-corrected chi connectivity index (χ1v) is 10.4. The number of ketones is 1. The fraction of sp³-hybridized carbons (Fsp3) is 0.250. The molecule has 1 saturated heterocycles. The predicted molar refractivity (Wildman–Crippen MR) is 115 cm³/mol. The molecule has 2 atom stereocenters. The summed E-state index contributed by atoms with van der Waals surface area (Å²) in [7, 11) is 0. The summed E-state index contributed by atoms with van der Waals surface area (Å²) in [4.78, 5) is 52.5. The largest absolute Gasteiger partial charge is 0.292 e. The van der Waals surface area contributed by atoms with Gasteiger partial charge in [0.1, 0.15) is 6.54 Å². The quantitative estimate of drug-likeness (QED) is 0.405. The van der Waals surface area contributed by atoms with E-state index in [9.17, 15) is 19.2 Å². The van der Waals surface area contributed by atoms with E-state index >= 15 is 0 Å². The molecule has 2 aromatic carbocycles. The lowest BCUT2D eigenvalue weighted by Gasteiger charge is -2.30. The molecular weight excluding hydrogens is 416 g/mol. The maximum Gasteiger partial charge on any atom is 0.273 e. The SMILES string of the molecule is Cc1ccc(C(=O)CN(C(=O)c2ccc(Cl)cc2)N2C(=O)[C@H]3CC=CC[C@@H]3C2=O)cc1. The Kier molecular flexibility index (Phi) is 5.74. The first kappa shape index (κ1) is 21.0. The van der Waals surface area contributed by atoms with E-state index in [4.69, 9.17) is 11.6 Å². The number of fused-ring (bicyclic) bond motifs is 1. The monoisotopic (exact) mass is 436 g/mol. The van der Waals surface area contributed by atoms with Gasteiger partial charge in [-0.1, -0.05) is 53.6 Å². The highest BCUT2D eigenvalue weighted by atomic mass is 35.5. The highest BCUT2D eigenvalue weighted by molar-refractivity contribution is 6.30. The number of halogens is 1. The van der Waals surface area contributed by atoms with Crippen molar-refractivity contribution in [2.75, 3.05) is 6.54 Å². The van der Waals surface area contributed by atoms with Gasteiger partial charge in [-0.25, -0.2) is 5.01 Å². The third-order valence-electron chi connectivity index (χ3n) is 5.72. The highest BCUT2D eigenvalue weighted by Crippen LogP contribution is 2.36. The van der Waals surface area contributed by atoms with Crippen molar-refractivity contribution in [2.45, 2.75) is 19.8 Å². The maximum atomic E-state index is 13.3. The molecule has 2 aliphatic rings. The topological polar surface area (TPSA) is 74.8 Å². The van der Waals surface area contributed by atoms with Crippen molar-refractivity contribution in [1.82, 2.24) is 10.0 Å². The Morgan fingerprint density at radius 1 is 0.903 bits per heavy atom. The van der Waals surface area contributed by atoms with Crippen LogP contribution in [0.5, 0.6) is 0 Å². The van der Waals surface area contributed by atoms with Crippen molar-refractivity contribution in [2.24, 2.45) is 11.8 Å². The number of benzene rings is 2. The van der Waals surface area contributed by atoms with E-state index in [1.807, 2.05) is 19.1 Å². The molecule has 0 saturated carbocycles. The van der Waals surface area contributed by atoms with Gasteiger partial charge in [-0.2, -0.15) is 5.01 Å². The number of hydrazine groups is 1. The number of rotatable bonds is 5. The summed E-state index contributed by atoms with van der Waals surface area (Å²) in [6, 6.07) is 13.0. The first-order chi connectivity index (χ1) is 14.9. The third kappa shape index (κ3) is 4.03. The van der Waals surface area contributed by atoms with Crippen LogP contribution in [0.25, 0.3) is 0 Å². The van der Waals surface area contributed by atoms with Crippen LogP contribution in [0.4, 0.5) is 0 Å². The molecule has 158 valence electrons. The van der Waals surface area contributed by atoms with Gasteiger partial charge in [0, 0.05) is 16.1 Å². The molecule has 4 rings (SSSR count). The van der Waals surface area contributed by atoms with Crippen LogP contribution in [-0.4, -0.2) is 40.1 Å². The van der Waals surface area contributed by atoms with E-state index in [-0.39, 0.29) is 11.3 Å². The molecule has 1 heterocycles. The Balaban J connectivity index is 1.68. The van der Waals surface area contributed by atoms with E-state index in [0.717, 1.165) is 15.6 Å². The molecule has 0 radical (unpaired) electrons. The molecule has 0 aromatic heterocycles. The van der Waals surface area contributed by atoms with E-state index in [0.29, 0.717) is 23.4 Å². The molecule has 3 amide bonds. The van der Waals surface area contributed by atoms with Gasteiger partial charge in [0.05, 0.1) is 11.8 Å². The van der Waals surface area contributed by atoms with E-state index < -0.39 is 36.1 Å². The van der Waals surface area contributed by atoms with E-state index in [1.54, 1.807) is 36.4 Å². The van der Waals surface area contributed by atoms with E-state index in [1.165, 1.54) is 12.1 Å². The smallest absolute Gasteiger partial charge is 0.273 e. The van der Waals surface area contributed by atoms with E-state index in [2.05, 4.69) is 0 Å². The van der Waals surface area contributed by atoms with Gasteiger partial charge in [-0.05, 0) is 44.0 Å². The number of Topliss-reactive ketones (excluding diaryl/α,β-unsaturated/α-hetero) is 1. The lowest BCUT2D eigenvalue weighted by molar-refractivity contribution is -0.154. The van der Waals surface area contributed by atoms with Crippen LogP contribution in [-0.2, 0) is 9.59 Å². The highest BCUT2D eigenvalue weighted by Gasteiger charge is 2.51. The second-order valence-corrected chi connectivity index (χ2v) is 8.24. The zero-order chi connectivity index (χ0) is 22.1. The van der Waals surface area contributed by atoms with Gasteiger partial charge >= 0.3 is 0 Å². The molecule has 2 aromatic rings. The van der Waals surface area contributed by atoms with Gasteiger partial charge < -0.3 is 0 Å². The second kappa shape index (κ2) is 8.47. The molecule has 6 nitrogen and oxygen atoms in total. The second-order valence-electron chi connectivity index (χ2n) is 7.80. The van der Waals surface area contributed by atoms with Gasteiger partial charge in [0.15, 0.2) is 5.78 Å². The molecule has 1 aliphatic heterocycles. The van der Waals surface area contributed by atoms with Crippen LogP contribution >= 0.6 is 11.6 Å². The number of carbonyl (C=O) groups is 4. The number of carbonyl (C=O) groups excluding carboxylic acids is 4. The standard InChI is InChI=1S/C24H21ClN2O4/c1-15-6-8-16(9-7-15)21(28)14-26(22(29)17-10-12-18(25)13-11-17)27-23(30)19-4-2-3-5-20(19)24(27)31/h2-3,6-13,19-20H,4-5,14H2,1H3/t19-,20-/m0/s1. The molecule has 0 N–H and O–H groups in total. The molecule has 7 heteroatoms. The van der Waals surface area contributed by atoms with Crippen molar-refractivity contribution in [3.63, 3.8) is 0 Å². The lowest BCUT2D eigenvalue weighted by Crippen LogP contribution is -2.52. The Morgan fingerprint density at radius 2 is 1.42 bits per heavy atom. The number of hydrogen-bond donors (Lipinski definition) is 0. The number of nitrogens with zero attached hydrogens (tertiary/aromatic N) is 2. The van der Waals surface area contributed by atoms with Gasteiger partial charge in [-0.15, -0.1) is 0 Å². The minimum atomic E-state index is -0.606. The summed E-state index contributed by atoms with van der Waals surface area (Å²) in [6.07, 6.45) is 4.64. The minimum absolute atomic E-state index is 0.231. The van der Waals surface area contributed by atoms with Crippen molar-refractivity contribution >= 4 is 35.1 Å².